The van der Waals surface area contributed by atoms with Crippen LogP contribution in [-0.2, 0) is 10.3 Å². The van der Waals surface area contributed by atoms with E-state index in [2.05, 4.69) is 67.7 Å². The van der Waals surface area contributed by atoms with Crippen LogP contribution in [0.25, 0.3) is 0 Å². The van der Waals surface area contributed by atoms with Gasteiger partial charge in [-0.15, -0.1) is 0 Å². The van der Waals surface area contributed by atoms with Crippen LogP contribution in [-0.4, -0.2) is 18.7 Å². The van der Waals surface area contributed by atoms with E-state index < -0.39 is 0 Å². The van der Waals surface area contributed by atoms with Crippen LogP contribution >= 0.6 is 0 Å². The normalized spacial score (nSPS) is 41.6. The Labute approximate surface area is 143 Å². The van der Waals surface area contributed by atoms with Crippen LogP contribution in [0.2, 0.25) is 0 Å². The number of benzene rings is 1. The molecule has 5 rings (SSSR count). The minimum atomic E-state index is -0.316. The molecule has 2 nitrogen and oxygen atoms in total. The first-order valence-electron chi connectivity index (χ1n) is 8.77. The van der Waals surface area contributed by atoms with Gasteiger partial charge < -0.3 is 9.64 Å². The molecule has 2 heterocycles. The molecule has 2 heteroatoms. The second kappa shape index (κ2) is 4.27. The van der Waals surface area contributed by atoms with E-state index in [9.17, 15) is 0 Å². The fraction of sp³-hybridized carbons (Fsp3) is 0.455. The monoisotopic (exact) mass is 315 g/mol. The standard InChI is InChI=1S/C22H21NO/c1-16-10-11-18-17(15-16)22-20(2)12-7-5-4-6-9-19(23(18)3)21(22,24-22)14-8-13-20/h4-5,10-11,15,19H,8,13-14H2,1-3H3/b5-4-/t19-,20+,21?,22?/m0/s1. The topological polar surface area (TPSA) is 15.8 Å². The van der Waals surface area contributed by atoms with Crippen molar-refractivity contribution in [2.45, 2.75) is 50.4 Å². The molecule has 4 aliphatic rings. The van der Waals surface area contributed by atoms with Crippen LogP contribution in [0, 0.1) is 36.0 Å². The second-order valence-corrected chi connectivity index (χ2v) is 7.78. The number of allylic oxidation sites excluding steroid dienone is 2. The highest BCUT2D eigenvalue weighted by atomic mass is 16.6. The maximum atomic E-state index is 6.75. The number of epoxide rings is 1. The molecule has 0 radical (unpaired) electrons. The zero-order valence-electron chi connectivity index (χ0n) is 14.4. The first-order valence-corrected chi connectivity index (χ1v) is 8.77. The Morgan fingerprint density at radius 3 is 2.92 bits per heavy atom. The van der Waals surface area contributed by atoms with Crippen molar-refractivity contribution in [3.63, 3.8) is 0 Å². The van der Waals surface area contributed by atoms with Crippen LogP contribution in [0.4, 0.5) is 5.69 Å². The quantitative estimate of drug-likeness (QED) is 0.537. The van der Waals surface area contributed by atoms with Gasteiger partial charge in [0.05, 0.1) is 5.41 Å². The molecule has 24 heavy (non-hydrogen) atoms. The number of hydrogen-bond acceptors (Lipinski definition) is 2. The zero-order chi connectivity index (χ0) is 16.6. The van der Waals surface area contributed by atoms with Crippen molar-refractivity contribution < 1.29 is 4.74 Å². The molecule has 1 aromatic rings. The lowest BCUT2D eigenvalue weighted by Crippen LogP contribution is -2.56. The van der Waals surface area contributed by atoms with Gasteiger partial charge in [0.1, 0.15) is 17.2 Å². The molecule has 2 aliphatic carbocycles. The van der Waals surface area contributed by atoms with E-state index in [1.807, 2.05) is 12.2 Å². The van der Waals surface area contributed by atoms with Gasteiger partial charge >= 0.3 is 0 Å². The molecule has 4 bridgehead atoms. The summed E-state index contributed by atoms with van der Waals surface area (Å²) in [6, 6.07) is 6.80. The van der Waals surface area contributed by atoms with Gasteiger partial charge in [-0.1, -0.05) is 41.4 Å². The summed E-state index contributed by atoms with van der Waals surface area (Å²) in [5, 5.41) is 0. The van der Waals surface area contributed by atoms with Crippen molar-refractivity contribution in [2.24, 2.45) is 5.41 Å². The van der Waals surface area contributed by atoms with E-state index >= 15 is 0 Å². The van der Waals surface area contributed by atoms with Crippen molar-refractivity contribution in [1.82, 2.24) is 0 Å². The predicted octanol–water partition coefficient (Wildman–Crippen LogP) is 3.54. The number of nitrogens with zero attached hydrogens (tertiary/aromatic N) is 1. The molecule has 1 saturated carbocycles. The van der Waals surface area contributed by atoms with Crippen molar-refractivity contribution >= 4 is 5.69 Å². The minimum absolute atomic E-state index is 0.0804. The number of hydrogen-bond donors (Lipinski definition) is 0. The Kier molecular flexibility index (Phi) is 2.53. The van der Waals surface area contributed by atoms with Crippen LogP contribution in [0.3, 0.4) is 0 Å². The highest BCUT2D eigenvalue weighted by Gasteiger charge is 2.84. The fourth-order valence-corrected chi connectivity index (χ4v) is 5.37. The van der Waals surface area contributed by atoms with Gasteiger partial charge in [-0.3, -0.25) is 0 Å². The Hall–Kier alpha value is -2.16. The summed E-state index contributed by atoms with van der Waals surface area (Å²) in [5.41, 5.74) is 3.12. The Morgan fingerprint density at radius 1 is 1.21 bits per heavy atom. The van der Waals surface area contributed by atoms with Gasteiger partial charge in [0.15, 0.2) is 0 Å². The summed E-state index contributed by atoms with van der Waals surface area (Å²) >= 11 is 0. The van der Waals surface area contributed by atoms with E-state index in [1.165, 1.54) is 16.8 Å². The van der Waals surface area contributed by atoms with E-state index in [0.29, 0.717) is 0 Å². The maximum Gasteiger partial charge on any atom is 0.144 e. The van der Waals surface area contributed by atoms with Crippen molar-refractivity contribution in [1.29, 1.82) is 0 Å². The molecule has 120 valence electrons. The number of likely N-dealkylation sites (N-methyl/N-ethyl adjacent to an activating group) is 1. The number of ether oxygens (including phenoxy) is 1. The van der Waals surface area contributed by atoms with Crippen molar-refractivity contribution in [2.75, 3.05) is 11.9 Å². The van der Waals surface area contributed by atoms with E-state index in [0.717, 1.165) is 19.3 Å². The summed E-state index contributed by atoms with van der Waals surface area (Å²) in [6.07, 6.45) is 7.03. The first kappa shape index (κ1) is 14.2. The lowest BCUT2D eigenvalue weighted by molar-refractivity contribution is 0.162. The van der Waals surface area contributed by atoms with Crippen LogP contribution in [0.15, 0.2) is 30.4 Å². The van der Waals surface area contributed by atoms with Crippen LogP contribution in [0.1, 0.15) is 37.3 Å². The molecule has 2 fully saturated rings. The molecule has 0 amide bonds. The highest BCUT2D eigenvalue weighted by molar-refractivity contribution is 5.69. The highest BCUT2D eigenvalue weighted by Crippen LogP contribution is 2.75. The molecule has 1 saturated heterocycles. The Balaban J connectivity index is 1.88. The maximum absolute atomic E-state index is 6.75. The van der Waals surface area contributed by atoms with Crippen LogP contribution in [0.5, 0.6) is 0 Å². The number of anilines is 1. The number of rotatable bonds is 0. The third kappa shape index (κ3) is 1.40. The summed E-state index contributed by atoms with van der Waals surface area (Å²) < 4.78 is 6.75. The van der Waals surface area contributed by atoms with Gasteiger partial charge in [-0.25, -0.2) is 0 Å². The summed E-state index contributed by atoms with van der Waals surface area (Å²) in [6.45, 7) is 4.45. The van der Waals surface area contributed by atoms with Crippen molar-refractivity contribution in [3.8, 4) is 23.7 Å². The number of fused-ring (bicyclic) bond motifs is 1. The molecular weight excluding hydrogens is 294 g/mol. The summed E-state index contributed by atoms with van der Waals surface area (Å²) in [7, 11) is 2.15. The second-order valence-electron chi connectivity index (χ2n) is 7.78. The lowest BCUT2D eigenvalue weighted by Gasteiger charge is -2.47. The lowest BCUT2D eigenvalue weighted by atomic mass is 9.57. The molecule has 2 aliphatic heterocycles. The summed E-state index contributed by atoms with van der Waals surface area (Å²) in [5.74, 6) is 13.5. The molecular formula is C22H21NO. The molecule has 2 unspecified atom stereocenters. The van der Waals surface area contributed by atoms with Gasteiger partial charge in [-0.2, -0.15) is 0 Å². The smallest absolute Gasteiger partial charge is 0.144 e. The first-order chi connectivity index (χ1) is 11.5. The zero-order valence-corrected chi connectivity index (χ0v) is 14.4. The Morgan fingerprint density at radius 2 is 2.04 bits per heavy atom. The molecule has 4 atom stereocenters. The molecule has 0 N–H and O–H groups in total. The van der Waals surface area contributed by atoms with E-state index in [-0.39, 0.29) is 22.7 Å². The van der Waals surface area contributed by atoms with Gasteiger partial charge in [0.25, 0.3) is 0 Å². The van der Waals surface area contributed by atoms with E-state index in [4.69, 9.17) is 4.74 Å². The van der Waals surface area contributed by atoms with Crippen LogP contribution < -0.4 is 4.90 Å². The molecule has 0 aromatic heterocycles. The molecule has 0 spiro atoms. The summed E-state index contributed by atoms with van der Waals surface area (Å²) in [4.78, 5) is 2.32. The Bertz CT molecular complexity index is 907. The predicted molar refractivity (Wildman–Crippen MR) is 95.5 cm³/mol. The third-order valence-corrected chi connectivity index (χ3v) is 6.45. The van der Waals surface area contributed by atoms with Crippen molar-refractivity contribution in [3.05, 3.63) is 41.5 Å². The molecule has 1 aromatic carbocycles. The van der Waals surface area contributed by atoms with Gasteiger partial charge in [0, 0.05) is 18.3 Å². The number of aryl methyl sites for hydroxylation is 1. The fourth-order valence-electron chi connectivity index (χ4n) is 5.37. The average Bonchev–Trinajstić information content (AvgIpc) is 3.26. The average molecular weight is 315 g/mol. The SMILES string of the molecule is Cc1ccc2c(c1)C13OC14CCC[C@@]3(C)C#C/C=C\C#C[C@@H]4N2C. The third-order valence-electron chi connectivity index (χ3n) is 6.45. The van der Waals surface area contributed by atoms with Gasteiger partial charge in [-0.05, 0) is 51.3 Å². The van der Waals surface area contributed by atoms with Gasteiger partial charge in [0.2, 0.25) is 0 Å². The minimum Gasteiger partial charge on any atom is -0.358 e. The van der Waals surface area contributed by atoms with E-state index in [1.54, 1.807) is 0 Å². The largest absolute Gasteiger partial charge is 0.358 e.